The van der Waals surface area contributed by atoms with E-state index in [4.69, 9.17) is 9.47 Å². The molecule has 1 N–H and O–H groups in total. The number of esters is 1. The third-order valence-electron chi connectivity index (χ3n) is 3.97. The number of ether oxygens (including phenoxy) is 2. The van der Waals surface area contributed by atoms with E-state index in [1.165, 1.54) is 0 Å². The van der Waals surface area contributed by atoms with Crippen LogP contribution < -0.4 is 5.32 Å². The van der Waals surface area contributed by atoms with E-state index in [-0.39, 0.29) is 18.0 Å². The quantitative estimate of drug-likeness (QED) is 0.808. The first-order valence-corrected chi connectivity index (χ1v) is 8.40. The Morgan fingerprint density at radius 3 is 2.67 bits per heavy atom. The fraction of sp³-hybridized carbons (Fsp3) is 0.556. The summed E-state index contributed by atoms with van der Waals surface area (Å²) in [4.78, 5) is 25.9. The van der Waals surface area contributed by atoms with E-state index in [2.05, 4.69) is 24.1 Å². The molecule has 132 valence electrons. The topological polar surface area (TPSA) is 67.9 Å². The lowest BCUT2D eigenvalue weighted by atomic mass is 10.1. The highest BCUT2D eigenvalue weighted by atomic mass is 16.5. The molecule has 1 heterocycles. The Kier molecular flexibility index (Phi) is 6.75. The predicted octanol–water partition coefficient (Wildman–Crippen LogP) is 2.16. The number of benzene rings is 1. The summed E-state index contributed by atoms with van der Waals surface area (Å²) in [6, 6.07) is 6.72. The molecular weight excluding hydrogens is 308 g/mol. The summed E-state index contributed by atoms with van der Waals surface area (Å²) in [5.74, 6) is 0.0120. The van der Waals surface area contributed by atoms with Crippen molar-refractivity contribution in [3.05, 3.63) is 29.8 Å². The van der Waals surface area contributed by atoms with Crippen molar-refractivity contribution in [1.29, 1.82) is 0 Å². The van der Waals surface area contributed by atoms with Crippen molar-refractivity contribution in [2.75, 3.05) is 38.2 Å². The summed E-state index contributed by atoms with van der Waals surface area (Å²) in [6.07, 6.45) is 0.176. The normalized spacial score (nSPS) is 18.4. The number of nitrogens with one attached hydrogen (secondary N) is 1. The van der Waals surface area contributed by atoms with Crippen molar-refractivity contribution in [1.82, 2.24) is 4.90 Å². The fourth-order valence-electron chi connectivity index (χ4n) is 2.59. The molecule has 0 aromatic heterocycles. The molecule has 1 aromatic carbocycles. The summed E-state index contributed by atoms with van der Waals surface area (Å²) in [5.41, 5.74) is 1.14. The molecule has 1 amide bonds. The molecule has 0 radical (unpaired) electrons. The van der Waals surface area contributed by atoms with E-state index in [1.807, 2.05) is 0 Å². The number of carbonyl (C=O) groups is 2. The number of anilines is 1. The first-order valence-electron chi connectivity index (χ1n) is 8.40. The molecule has 1 saturated heterocycles. The number of hydrogen-bond acceptors (Lipinski definition) is 5. The monoisotopic (exact) mass is 334 g/mol. The third-order valence-corrected chi connectivity index (χ3v) is 3.97. The zero-order chi connectivity index (χ0) is 17.5. The molecule has 1 aromatic rings. The molecule has 2 rings (SSSR count). The molecule has 24 heavy (non-hydrogen) atoms. The number of amides is 1. The molecule has 1 fully saturated rings. The zero-order valence-corrected chi connectivity index (χ0v) is 14.6. The molecule has 1 aliphatic rings. The van der Waals surface area contributed by atoms with Gasteiger partial charge >= 0.3 is 5.97 Å². The molecule has 1 aliphatic heterocycles. The lowest BCUT2D eigenvalue weighted by molar-refractivity contribution is -0.120. The van der Waals surface area contributed by atoms with Crippen LogP contribution in [0.1, 0.15) is 31.1 Å². The minimum atomic E-state index is -0.358. The second-order valence-corrected chi connectivity index (χ2v) is 6.23. The summed E-state index contributed by atoms with van der Waals surface area (Å²) in [7, 11) is 0. The van der Waals surface area contributed by atoms with E-state index >= 15 is 0 Å². The van der Waals surface area contributed by atoms with Crippen LogP contribution >= 0.6 is 0 Å². The van der Waals surface area contributed by atoms with Gasteiger partial charge in [-0.25, -0.2) is 4.79 Å². The maximum Gasteiger partial charge on any atom is 0.338 e. The average molecular weight is 334 g/mol. The number of rotatable bonds is 6. The summed E-state index contributed by atoms with van der Waals surface area (Å²) < 4.78 is 10.6. The lowest BCUT2D eigenvalue weighted by Gasteiger charge is -2.34. The molecule has 0 unspecified atom stereocenters. The number of nitrogens with zero attached hydrogens (tertiary/aromatic N) is 1. The van der Waals surface area contributed by atoms with E-state index < -0.39 is 0 Å². The Morgan fingerprint density at radius 1 is 1.33 bits per heavy atom. The second-order valence-electron chi connectivity index (χ2n) is 6.23. The van der Waals surface area contributed by atoms with Gasteiger partial charge in [-0.1, -0.05) is 13.8 Å². The van der Waals surface area contributed by atoms with E-state index in [9.17, 15) is 9.59 Å². The highest BCUT2D eigenvalue weighted by molar-refractivity contribution is 5.94. The van der Waals surface area contributed by atoms with Gasteiger partial charge in [0.25, 0.3) is 0 Å². The van der Waals surface area contributed by atoms with Crippen LogP contribution in [0.2, 0.25) is 0 Å². The van der Waals surface area contributed by atoms with E-state index in [0.717, 1.165) is 13.1 Å². The number of morpholine rings is 1. The highest BCUT2D eigenvalue weighted by Crippen LogP contribution is 2.14. The van der Waals surface area contributed by atoms with Crippen molar-refractivity contribution < 1.29 is 19.1 Å². The van der Waals surface area contributed by atoms with Crippen LogP contribution in [0.3, 0.4) is 0 Å². The standard InChI is InChI=1S/C18H26N2O4/c1-4-23-18(22)14-5-7-15(8-6-14)19-17(21)12-20-9-10-24-16(11-20)13(2)3/h5-8,13,16H,4,9-12H2,1-3H3,(H,19,21)/t16-/m1/s1. The molecule has 6 nitrogen and oxygen atoms in total. The molecule has 6 heteroatoms. The maximum absolute atomic E-state index is 12.2. The minimum Gasteiger partial charge on any atom is -0.462 e. The minimum absolute atomic E-state index is 0.0664. The van der Waals surface area contributed by atoms with Gasteiger partial charge in [-0.2, -0.15) is 0 Å². The van der Waals surface area contributed by atoms with Crippen molar-refractivity contribution in [3.8, 4) is 0 Å². The van der Waals surface area contributed by atoms with Crippen LogP contribution in [-0.2, 0) is 14.3 Å². The Hall–Kier alpha value is -1.92. The van der Waals surface area contributed by atoms with Crippen molar-refractivity contribution in [2.45, 2.75) is 26.9 Å². The summed E-state index contributed by atoms with van der Waals surface area (Å²) in [6.45, 7) is 8.89. The van der Waals surface area contributed by atoms with Crippen molar-refractivity contribution in [2.24, 2.45) is 5.92 Å². The maximum atomic E-state index is 12.2. The van der Waals surface area contributed by atoms with Crippen LogP contribution in [0, 0.1) is 5.92 Å². The van der Waals surface area contributed by atoms with Crippen LogP contribution in [0.4, 0.5) is 5.69 Å². The van der Waals surface area contributed by atoms with Gasteiger partial charge in [-0.3, -0.25) is 9.69 Å². The van der Waals surface area contributed by atoms with Crippen molar-refractivity contribution in [3.63, 3.8) is 0 Å². The Balaban J connectivity index is 1.85. The number of carbonyl (C=O) groups excluding carboxylic acids is 2. The fourth-order valence-corrected chi connectivity index (χ4v) is 2.59. The highest BCUT2D eigenvalue weighted by Gasteiger charge is 2.24. The largest absolute Gasteiger partial charge is 0.462 e. The Labute approximate surface area is 143 Å². The second kappa shape index (κ2) is 8.80. The molecule has 0 spiro atoms. The molecule has 0 saturated carbocycles. The van der Waals surface area contributed by atoms with E-state index in [0.29, 0.717) is 36.9 Å². The Bertz CT molecular complexity index is 557. The van der Waals surface area contributed by atoms with Gasteiger partial charge < -0.3 is 14.8 Å². The van der Waals surface area contributed by atoms with E-state index in [1.54, 1.807) is 31.2 Å². The van der Waals surface area contributed by atoms with Crippen LogP contribution in [-0.4, -0.2) is 55.7 Å². The molecule has 0 aliphatic carbocycles. The van der Waals surface area contributed by atoms with Crippen LogP contribution in [0.25, 0.3) is 0 Å². The first-order chi connectivity index (χ1) is 11.5. The van der Waals surface area contributed by atoms with Crippen LogP contribution in [0.5, 0.6) is 0 Å². The summed E-state index contributed by atoms with van der Waals surface area (Å²) >= 11 is 0. The Morgan fingerprint density at radius 2 is 2.04 bits per heavy atom. The van der Waals surface area contributed by atoms with Gasteiger partial charge in [0.2, 0.25) is 5.91 Å². The van der Waals surface area contributed by atoms with Gasteiger partial charge in [-0.05, 0) is 37.1 Å². The van der Waals surface area contributed by atoms with Gasteiger partial charge in [-0.15, -0.1) is 0 Å². The number of hydrogen-bond donors (Lipinski definition) is 1. The SMILES string of the molecule is CCOC(=O)c1ccc(NC(=O)CN2CCO[C@@H](C(C)C)C2)cc1. The van der Waals surface area contributed by atoms with Crippen molar-refractivity contribution >= 4 is 17.6 Å². The first kappa shape index (κ1) is 18.4. The van der Waals surface area contributed by atoms with Gasteiger partial charge in [0, 0.05) is 18.8 Å². The van der Waals surface area contributed by atoms with Crippen LogP contribution in [0.15, 0.2) is 24.3 Å². The van der Waals surface area contributed by atoms with Gasteiger partial charge in [0.05, 0.1) is 31.4 Å². The molecular formula is C18H26N2O4. The van der Waals surface area contributed by atoms with Gasteiger partial charge in [0.15, 0.2) is 0 Å². The lowest BCUT2D eigenvalue weighted by Crippen LogP contribution is -2.47. The van der Waals surface area contributed by atoms with Gasteiger partial charge in [0.1, 0.15) is 0 Å². The smallest absolute Gasteiger partial charge is 0.338 e. The molecule has 1 atom stereocenters. The predicted molar refractivity (Wildman–Crippen MR) is 92.0 cm³/mol. The summed E-state index contributed by atoms with van der Waals surface area (Å²) in [5, 5.41) is 2.86. The molecule has 0 bridgehead atoms. The zero-order valence-electron chi connectivity index (χ0n) is 14.6. The average Bonchev–Trinajstić information content (AvgIpc) is 2.55. The third kappa shape index (κ3) is 5.32.